The standard InChI is InChI=1S/C13H20N2/c1-10-7-8-15-12-6-4-3-5-11(12)13(2,14)9-10/h3-6,10,15H,7-9,14H2,1-2H3. The van der Waals surface area contributed by atoms with Gasteiger partial charge in [-0.05, 0) is 37.3 Å². The van der Waals surface area contributed by atoms with E-state index in [2.05, 4.69) is 43.4 Å². The van der Waals surface area contributed by atoms with Crippen molar-refractivity contribution in [2.75, 3.05) is 11.9 Å². The highest BCUT2D eigenvalue weighted by Gasteiger charge is 2.27. The molecule has 15 heavy (non-hydrogen) atoms. The molecule has 1 aromatic rings. The van der Waals surface area contributed by atoms with Crippen molar-refractivity contribution < 1.29 is 0 Å². The lowest BCUT2D eigenvalue weighted by atomic mass is 9.81. The average molecular weight is 204 g/mol. The molecule has 0 fully saturated rings. The molecule has 1 heterocycles. The summed E-state index contributed by atoms with van der Waals surface area (Å²) >= 11 is 0. The Morgan fingerprint density at radius 3 is 2.93 bits per heavy atom. The van der Waals surface area contributed by atoms with Gasteiger partial charge in [0.05, 0.1) is 0 Å². The normalized spacial score (nSPS) is 31.0. The van der Waals surface area contributed by atoms with E-state index in [9.17, 15) is 0 Å². The molecule has 0 saturated carbocycles. The van der Waals surface area contributed by atoms with Crippen LogP contribution in [-0.4, -0.2) is 6.54 Å². The van der Waals surface area contributed by atoms with Crippen LogP contribution in [0.2, 0.25) is 0 Å². The molecule has 0 aromatic heterocycles. The van der Waals surface area contributed by atoms with Gasteiger partial charge < -0.3 is 11.1 Å². The van der Waals surface area contributed by atoms with Gasteiger partial charge in [-0.15, -0.1) is 0 Å². The topological polar surface area (TPSA) is 38.0 Å². The third-order valence-corrected chi connectivity index (χ3v) is 3.27. The Hall–Kier alpha value is -1.02. The zero-order chi connectivity index (χ0) is 10.9. The maximum absolute atomic E-state index is 6.41. The Kier molecular flexibility index (Phi) is 2.70. The molecular weight excluding hydrogens is 184 g/mol. The van der Waals surface area contributed by atoms with Gasteiger partial charge in [-0.2, -0.15) is 0 Å². The fourth-order valence-corrected chi connectivity index (χ4v) is 2.52. The van der Waals surface area contributed by atoms with E-state index in [1.54, 1.807) is 0 Å². The number of nitrogens with two attached hydrogens (primary N) is 1. The highest BCUT2D eigenvalue weighted by molar-refractivity contribution is 5.54. The number of para-hydroxylation sites is 1. The quantitative estimate of drug-likeness (QED) is 0.682. The Morgan fingerprint density at radius 1 is 1.40 bits per heavy atom. The van der Waals surface area contributed by atoms with Gasteiger partial charge in [-0.1, -0.05) is 25.1 Å². The SMILES string of the molecule is CC1CCNc2ccccc2C(C)(N)C1. The van der Waals surface area contributed by atoms with Gasteiger partial charge in [0.2, 0.25) is 0 Å². The zero-order valence-corrected chi connectivity index (χ0v) is 9.59. The minimum Gasteiger partial charge on any atom is -0.385 e. The summed E-state index contributed by atoms with van der Waals surface area (Å²) in [5, 5.41) is 3.47. The first-order valence-corrected chi connectivity index (χ1v) is 5.72. The van der Waals surface area contributed by atoms with E-state index in [1.165, 1.54) is 17.7 Å². The second kappa shape index (κ2) is 3.86. The van der Waals surface area contributed by atoms with E-state index < -0.39 is 0 Å². The van der Waals surface area contributed by atoms with Crippen LogP contribution in [0.4, 0.5) is 5.69 Å². The Morgan fingerprint density at radius 2 is 2.13 bits per heavy atom. The monoisotopic (exact) mass is 204 g/mol. The van der Waals surface area contributed by atoms with Crippen molar-refractivity contribution >= 4 is 5.69 Å². The summed E-state index contributed by atoms with van der Waals surface area (Å²) in [6.45, 7) is 5.46. The fraction of sp³-hybridized carbons (Fsp3) is 0.538. The van der Waals surface area contributed by atoms with Gasteiger partial charge in [-0.3, -0.25) is 0 Å². The molecule has 82 valence electrons. The van der Waals surface area contributed by atoms with Crippen LogP contribution in [0.25, 0.3) is 0 Å². The number of hydrogen-bond acceptors (Lipinski definition) is 2. The van der Waals surface area contributed by atoms with Gasteiger partial charge in [-0.25, -0.2) is 0 Å². The smallest absolute Gasteiger partial charge is 0.0404 e. The lowest BCUT2D eigenvalue weighted by Gasteiger charge is -2.33. The van der Waals surface area contributed by atoms with Gasteiger partial charge in [0.25, 0.3) is 0 Å². The summed E-state index contributed by atoms with van der Waals surface area (Å²) in [4.78, 5) is 0. The summed E-state index contributed by atoms with van der Waals surface area (Å²) in [5.41, 5.74) is 8.65. The average Bonchev–Trinajstić information content (AvgIpc) is 2.16. The van der Waals surface area contributed by atoms with Crippen LogP contribution in [0.1, 0.15) is 32.3 Å². The molecule has 0 aliphatic carbocycles. The fourth-order valence-electron chi connectivity index (χ4n) is 2.52. The third kappa shape index (κ3) is 2.15. The molecule has 2 rings (SSSR count). The van der Waals surface area contributed by atoms with Crippen molar-refractivity contribution in [3.63, 3.8) is 0 Å². The number of benzene rings is 1. The van der Waals surface area contributed by atoms with Crippen LogP contribution in [0.5, 0.6) is 0 Å². The largest absolute Gasteiger partial charge is 0.385 e. The molecule has 0 bridgehead atoms. The van der Waals surface area contributed by atoms with Crippen molar-refractivity contribution in [2.24, 2.45) is 11.7 Å². The van der Waals surface area contributed by atoms with Crippen LogP contribution >= 0.6 is 0 Å². The van der Waals surface area contributed by atoms with E-state index in [0.29, 0.717) is 5.92 Å². The maximum atomic E-state index is 6.41. The van der Waals surface area contributed by atoms with Crippen LogP contribution in [0.15, 0.2) is 24.3 Å². The minimum atomic E-state index is -0.205. The molecule has 2 atom stereocenters. The summed E-state index contributed by atoms with van der Waals surface area (Å²) < 4.78 is 0. The highest BCUT2D eigenvalue weighted by atomic mass is 14.9. The van der Waals surface area contributed by atoms with E-state index in [0.717, 1.165) is 13.0 Å². The zero-order valence-electron chi connectivity index (χ0n) is 9.59. The first-order valence-electron chi connectivity index (χ1n) is 5.72. The second-order valence-corrected chi connectivity index (χ2v) is 4.99. The molecule has 3 N–H and O–H groups in total. The van der Waals surface area contributed by atoms with Crippen LogP contribution in [0.3, 0.4) is 0 Å². The number of rotatable bonds is 0. The minimum absolute atomic E-state index is 0.205. The molecule has 1 aromatic carbocycles. The molecule has 1 aliphatic heterocycles. The highest BCUT2D eigenvalue weighted by Crippen LogP contribution is 2.33. The van der Waals surface area contributed by atoms with E-state index >= 15 is 0 Å². The van der Waals surface area contributed by atoms with Crippen molar-refractivity contribution in [1.29, 1.82) is 0 Å². The van der Waals surface area contributed by atoms with Crippen LogP contribution < -0.4 is 11.1 Å². The van der Waals surface area contributed by atoms with Gasteiger partial charge in [0.15, 0.2) is 0 Å². The third-order valence-electron chi connectivity index (χ3n) is 3.27. The molecule has 0 saturated heterocycles. The maximum Gasteiger partial charge on any atom is 0.0404 e. The van der Waals surface area contributed by atoms with Gasteiger partial charge in [0.1, 0.15) is 0 Å². The summed E-state index contributed by atoms with van der Waals surface area (Å²) in [6, 6.07) is 8.39. The predicted molar refractivity (Wildman–Crippen MR) is 64.9 cm³/mol. The van der Waals surface area contributed by atoms with Crippen LogP contribution in [-0.2, 0) is 5.54 Å². The number of nitrogens with one attached hydrogen (secondary N) is 1. The molecule has 0 spiro atoms. The molecule has 0 amide bonds. The lowest BCUT2D eigenvalue weighted by Crippen LogP contribution is -2.37. The van der Waals surface area contributed by atoms with E-state index in [-0.39, 0.29) is 5.54 Å². The second-order valence-electron chi connectivity index (χ2n) is 4.99. The van der Waals surface area contributed by atoms with Gasteiger partial charge in [0, 0.05) is 17.8 Å². The first-order chi connectivity index (χ1) is 7.09. The van der Waals surface area contributed by atoms with Crippen molar-refractivity contribution in [2.45, 2.75) is 32.2 Å². The van der Waals surface area contributed by atoms with Crippen molar-refractivity contribution in [1.82, 2.24) is 0 Å². The van der Waals surface area contributed by atoms with E-state index in [1.807, 2.05) is 0 Å². The van der Waals surface area contributed by atoms with Crippen LogP contribution in [0, 0.1) is 5.92 Å². The molecular formula is C13H20N2. The molecule has 1 aliphatic rings. The first kappa shape index (κ1) is 10.5. The molecule has 2 unspecified atom stereocenters. The molecule has 2 heteroatoms. The Balaban J connectivity index is 2.40. The number of hydrogen-bond donors (Lipinski definition) is 2. The Labute approximate surface area is 91.9 Å². The number of fused-ring (bicyclic) bond motifs is 1. The molecule has 2 nitrogen and oxygen atoms in total. The van der Waals surface area contributed by atoms with Crippen molar-refractivity contribution in [3.8, 4) is 0 Å². The number of anilines is 1. The van der Waals surface area contributed by atoms with Crippen molar-refractivity contribution in [3.05, 3.63) is 29.8 Å². The van der Waals surface area contributed by atoms with Gasteiger partial charge >= 0.3 is 0 Å². The predicted octanol–water partition coefficient (Wildman–Crippen LogP) is 2.70. The Bertz CT molecular complexity index is 344. The summed E-state index contributed by atoms with van der Waals surface area (Å²) in [6.07, 6.45) is 2.26. The molecule has 0 radical (unpaired) electrons. The van der Waals surface area contributed by atoms with E-state index in [4.69, 9.17) is 5.73 Å². The lowest BCUT2D eigenvalue weighted by molar-refractivity contribution is 0.348. The summed E-state index contributed by atoms with van der Waals surface area (Å²) in [7, 11) is 0. The summed E-state index contributed by atoms with van der Waals surface area (Å²) in [5.74, 6) is 0.681.